The number of cyclic esters (lactones) is 1. The average molecular weight is 376 g/mol. The zero-order valence-corrected chi connectivity index (χ0v) is 17.1. The summed E-state index contributed by atoms with van der Waals surface area (Å²) >= 11 is 0. The molecule has 0 aromatic carbocycles. The molecule has 1 heterocycles. The first kappa shape index (κ1) is 23.3. The van der Waals surface area contributed by atoms with Crippen molar-refractivity contribution < 1.29 is 29.6 Å². The Morgan fingerprint density at radius 3 is 2.42 bits per heavy atom. The molecule has 6 atom stereocenters. The van der Waals surface area contributed by atoms with Crippen molar-refractivity contribution in [1.82, 2.24) is 4.90 Å². The molecule has 1 fully saturated rings. The number of aliphatic hydroxyl groups excluding tert-OH is 1. The van der Waals surface area contributed by atoms with Gasteiger partial charge in [0.1, 0.15) is 18.3 Å². The fraction of sp³-hybridized carbons (Fsp3) is 0.947. The third kappa shape index (κ3) is 6.46. The number of ether oxygens (including phenoxy) is 2. The number of nitrogens with zero attached hydrogens (tertiary/aromatic N) is 1. The monoisotopic (exact) mass is 375 g/mol. The van der Waals surface area contributed by atoms with Gasteiger partial charge in [0.15, 0.2) is 0 Å². The largest absolute Gasteiger partial charge is 0.462 e. The highest BCUT2D eigenvalue weighted by molar-refractivity contribution is 5.72. The van der Waals surface area contributed by atoms with Crippen LogP contribution in [0, 0.1) is 5.92 Å². The molecule has 0 bridgehead atoms. The topological polar surface area (TPSA) is 99.5 Å². The van der Waals surface area contributed by atoms with Crippen LogP contribution in [0.2, 0.25) is 0 Å². The van der Waals surface area contributed by atoms with Crippen molar-refractivity contribution in [3.05, 3.63) is 0 Å². The molecule has 154 valence electrons. The molecule has 7 heteroatoms. The minimum Gasteiger partial charge on any atom is -0.462 e. The van der Waals surface area contributed by atoms with Crippen molar-refractivity contribution in [1.29, 1.82) is 0 Å². The van der Waals surface area contributed by atoms with E-state index in [1.165, 1.54) is 14.0 Å². The third-order valence-corrected chi connectivity index (χ3v) is 5.72. The molecule has 3 N–H and O–H groups in total. The van der Waals surface area contributed by atoms with Crippen LogP contribution in [0.15, 0.2) is 0 Å². The first-order valence-corrected chi connectivity index (χ1v) is 9.44. The summed E-state index contributed by atoms with van der Waals surface area (Å²) in [6.45, 7) is 7.18. The molecular weight excluding hydrogens is 338 g/mol. The van der Waals surface area contributed by atoms with Crippen LogP contribution in [-0.2, 0) is 14.3 Å². The maximum absolute atomic E-state index is 12.4. The Labute approximate surface area is 157 Å². The van der Waals surface area contributed by atoms with Gasteiger partial charge in [0.05, 0.1) is 17.6 Å². The first-order valence-electron chi connectivity index (χ1n) is 9.44. The number of carbonyl (C=O) groups excluding carboxylic acids is 1. The Bertz CT molecular complexity index is 453. The van der Waals surface area contributed by atoms with E-state index in [1.807, 2.05) is 18.9 Å². The van der Waals surface area contributed by atoms with Gasteiger partial charge in [-0.3, -0.25) is 4.79 Å². The van der Waals surface area contributed by atoms with Crippen molar-refractivity contribution >= 4 is 5.97 Å². The van der Waals surface area contributed by atoms with Gasteiger partial charge < -0.3 is 29.7 Å². The van der Waals surface area contributed by atoms with Gasteiger partial charge >= 0.3 is 5.97 Å². The van der Waals surface area contributed by atoms with Crippen LogP contribution in [0.3, 0.4) is 0 Å². The summed E-state index contributed by atoms with van der Waals surface area (Å²) < 4.78 is 10.7. The van der Waals surface area contributed by atoms with Gasteiger partial charge in [-0.15, -0.1) is 0 Å². The number of carbonyl (C=O) groups is 1. The van der Waals surface area contributed by atoms with Crippen LogP contribution >= 0.6 is 0 Å². The van der Waals surface area contributed by atoms with Crippen LogP contribution in [0.4, 0.5) is 0 Å². The molecule has 7 nitrogen and oxygen atoms in total. The Morgan fingerprint density at radius 1 is 1.23 bits per heavy atom. The minimum absolute atomic E-state index is 0.288. The molecule has 1 saturated heterocycles. The minimum atomic E-state index is -1.56. The molecule has 1 aliphatic rings. The highest BCUT2D eigenvalue weighted by Crippen LogP contribution is 2.25. The fourth-order valence-electron chi connectivity index (χ4n) is 3.41. The number of hydrogen-bond acceptors (Lipinski definition) is 7. The third-order valence-electron chi connectivity index (χ3n) is 5.72. The average Bonchev–Trinajstić information content (AvgIpc) is 2.57. The van der Waals surface area contributed by atoms with E-state index in [-0.39, 0.29) is 18.8 Å². The summed E-state index contributed by atoms with van der Waals surface area (Å²) in [5.74, 6) is -1.02. The van der Waals surface area contributed by atoms with E-state index >= 15 is 0 Å². The lowest BCUT2D eigenvalue weighted by atomic mass is 9.89. The smallest absolute Gasteiger partial charge is 0.311 e. The lowest BCUT2D eigenvalue weighted by Crippen LogP contribution is -2.54. The maximum Gasteiger partial charge on any atom is 0.311 e. The number of methoxy groups -OCH3 is 1. The molecule has 6 unspecified atom stereocenters. The molecule has 26 heavy (non-hydrogen) atoms. The van der Waals surface area contributed by atoms with Gasteiger partial charge in [0, 0.05) is 13.2 Å². The molecule has 0 spiro atoms. The second-order valence-corrected chi connectivity index (χ2v) is 8.33. The normalized spacial score (nSPS) is 42.6. The molecule has 0 saturated carbocycles. The Kier molecular flexibility index (Phi) is 8.48. The fourth-order valence-corrected chi connectivity index (χ4v) is 3.41. The van der Waals surface area contributed by atoms with Gasteiger partial charge in [-0.25, -0.2) is 0 Å². The number of likely N-dealkylation sites (N-methyl/N-ethyl adjacent to an activating group) is 1. The SMILES string of the molecule is COC1CCC(C)(O)CCCN(C)C(C)C(O)C(C)(O)COC(=O)C1C. The highest BCUT2D eigenvalue weighted by atomic mass is 16.5. The van der Waals surface area contributed by atoms with Gasteiger partial charge in [-0.2, -0.15) is 0 Å². The molecule has 0 amide bonds. The van der Waals surface area contributed by atoms with Crippen LogP contribution in [0.5, 0.6) is 0 Å². The maximum atomic E-state index is 12.4. The second kappa shape index (κ2) is 9.46. The Hall–Kier alpha value is -0.730. The molecule has 1 rings (SSSR count). The van der Waals surface area contributed by atoms with E-state index in [0.717, 1.165) is 6.42 Å². The Balaban J connectivity index is 2.99. The van der Waals surface area contributed by atoms with Crippen LogP contribution in [0.1, 0.15) is 53.4 Å². The van der Waals surface area contributed by atoms with E-state index in [9.17, 15) is 20.1 Å². The van der Waals surface area contributed by atoms with Crippen molar-refractivity contribution in [3.8, 4) is 0 Å². The van der Waals surface area contributed by atoms with Crippen molar-refractivity contribution in [2.75, 3.05) is 27.3 Å². The molecule has 0 radical (unpaired) electrons. The van der Waals surface area contributed by atoms with Gasteiger partial charge in [-0.05, 0) is 67.0 Å². The summed E-state index contributed by atoms with van der Waals surface area (Å²) in [5.41, 5.74) is -2.41. The van der Waals surface area contributed by atoms with Crippen LogP contribution in [0.25, 0.3) is 0 Å². The van der Waals surface area contributed by atoms with Crippen LogP contribution in [-0.4, -0.2) is 82.9 Å². The highest BCUT2D eigenvalue weighted by Gasteiger charge is 2.38. The van der Waals surface area contributed by atoms with E-state index in [4.69, 9.17) is 9.47 Å². The van der Waals surface area contributed by atoms with Gasteiger partial charge in [-0.1, -0.05) is 0 Å². The predicted octanol–water partition coefficient (Wildman–Crippen LogP) is 0.938. The summed E-state index contributed by atoms with van der Waals surface area (Å²) in [6, 6.07) is -0.331. The lowest BCUT2D eigenvalue weighted by molar-refractivity contribution is -0.170. The van der Waals surface area contributed by atoms with Crippen LogP contribution < -0.4 is 0 Å². The van der Waals surface area contributed by atoms with Gasteiger partial charge in [0.25, 0.3) is 0 Å². The predicted molar refractivity (Wildman–Crippen MR) is 98.7 cm³/mol. The molecule has 0 aromatic heterocycles. The zero-order chi connectivity index (χ0) is 20.1. The van der Waals surface area contributed by atoms with Crippen molar-refractivity contribution in [3.63, 3.8) is 0 Å². The summed E-state index contributed by atoms with van der Waals surface area (Å²) in [4.78, 5) is 14.3. The molecule has 0 aromatic rings. The quantitative estimate of drug-likeness (QED) is 0.587. The van der Waals surface area contributed by atoms with E-state index in [2.05, 4.69) is 0 Å². The van der Waals surface area contributed by atoms with Gasteiger partial charge in [0.2, 0.25) is 0 Å². The summed E-state index contributed by atoms with van der Waals surface area (Å²) in [6.07, 6.45) is 0.945. The first-order chi connectivity index (χ1) is 11.9. The molecule has 0 aliphatic carbocycles. The Morgan fingerprint density at radius 2 is 1.85 bits per heavy atom. The number of esters is 1. The molecular formula is C19H37NO6. The zero-order valence-electron chi connectivity index (χ0n) is 17.1. The number of rotatable bonds is 1. The lowest BCUT2D eigenvalue weighted by Gasteiger charge is -2.37. The van der Waals surface area contributed by atoms with E-state index in [1.54, 1.807) is 13.8 Å². The molecule has 1 aliphatic heterocycles. The van der Waals surface area contributed by atoms with Crippen molar-refractivity contribution in [2.24, 2.45) is 5.92 Å². The number of aliphatic hydroxyl groups is 3. The summed E-state index contributed by atoms with van der Waals surface area (Å²) in [5, 5.41) is 31.7. The van der Waals surface area contributed by atoms with Crippen molar-refractivity contribution in [2.45, 2.75) is 82.8 Å². The second-order valence-electron chi connectivity index (χ2n) is 8.33. The van der Waals surface area contributed by atoms with E-state index < -0.39 is 29.2 Å². The summed E-state index contributed by atoms with van der Waals surface area (Å²) in [7, 11) is 3.40. The standard InChI is InChI=1S/C19H37NO6/c1-13-15(25-6)8-10-18(3,23)9-7-11-20(5)14(2)16(21)19(4,24)12-26-17(13)22/h13-16,21,23-24H,7-12H2,1-6H3. The number of hydrogen-bond donors (Lipinski definition) is 3. The van der Waals surface area contributed by atoms with E-state index in [0.29, 0.717) is 25.8 Å².